The summed E-state index contributed by atoms with van der Waals surface area (Å²) in [6, 6.07) is 17.5. The van der Waals surface area contributed by atoms with E-state index in [1.165, 1.54) is 5.56 Å². The van der Waals surface area contributed by atoms with Crippen molar-refractivity contribution in [2.45, 2.75) is 51.6 Å². The first kappa shape index (κ1) is 23.5. The zero-order valence-corrected chi connectivity index (χ0v) is 19.6. The number of carbonyl (C=O) groups is 2. The Bertz CT molecular complexity index is 781. The number of carbonyl (C=O) groups excluding carboxylic acids is 2. The van der Waals surface area contributed by atoms with E-state index in [2.05, 4.69) is 21.2 Å². The summed E-state index contributed by atoms with van der Waals surface area (Å²) in [4.78, 5) is 27.6. The van der Waals surface area contributed by atoms with Crippen molar-refractivity contribution < 1.29 is 9.59 Å². The predicted molar refractivity (Wildman–Crippen MR) is 125 cm³/mol. The van der Waals surface area contributed by atoms with Gasteiger partial charge < -0.3 is 10.2 Å². The summed E-state index contributed by atoms with van der Waals surface area (Å²) in [5.74, 6) is 0.994. The minimum Gasteiger partial charge on any atom is -0.352 e. The summed E-state index contributed by atoms with van der Waals surface area (Å²) in [7, 11) is 0. The van der Waals surface area contributed by atoms with Crippen molar-refractivity contribution in [2.24, 2.45) is 0 Å². The molecule has 0 unspecified atom stereocenters. The second-order valence-electron chi connectivity index (χ2n) is 7.21. The monoisotopic (exact) mass is 476 g/mol. The Labute approximate surface area is 186 Å². The van der Waals surface area contributed by atoms with Crippen molar-refractivity contribution in [1.29, 1.82) is 0 Å². The zero-order valence-electron chi connectivity index (χ0n) is 17.2. The van der Waals surface area contributed by atoms with Crippen molar-refractivity contribution in [3.8, 4) is 0 Å². The van der Waals surface area contributed by atoms with E-state index >= 15 is 0 Å². The zero-order chi connectivity index (χ0) is 21.2. The van der Waals surface area contributed by atoms with Crippen molar-refractivity contribution in [1.82, 2.24) is 10.2 Å². The van der Waals surface area contributed by atoms with Crippen LogP contribution in [0.3, 0.4) is 0 Å². The quantitative estimate of drug-likeness (QED) is 0.523. The van der Waals surface area contributed by atoms with E-state index in [-0.39, 0.29) is 17.9 Å². The van der Waals surface area contributed by atoms with Crippen molar-refractivity contribution in [3.63, 3.8) is 0 Å². The molecule has 0 radical (unpaired) electrons. The van der Waals surface area contributed by atoms with Crippen LogP contribution in [0.25, 0.3) is 0 Å². The van der Waals surface area contributed by atoms with Gasteiger partial charge in [0, 0.05) is 22.8 Å². The number of amides is 2. The molecule has 0 spiro atoms. The molecular formula is C23H29BrN2O2S. The molecule has 0 bridgehead atoms. The van der Waals surface area contributed by atoms with E-state index in [0.717, 1.165) is 15.8 Å². The molecule has 156 valence electrons. The van der Waals surface area contributed by atoms with Crippen LogP contribution < -0.4 is 5.32 Å². The van der Waals surface area contributed by atoms with Gasteiger partial charge in [0.2, 0.25) is 11.8 Å². The molecule has 0 aliphatic heterocycles. The van der Waals surface area contributed by atoms with Gasteiger partial charge in [-0.3, -0.25) is 9.59 Å². The lowest BCUT2D eigenvalue weighted by Gasteiger charge is -2.31. The second kappa shape index (κ2) is 12.0. The molecular weight excluding hydrogens is 448 g/mol. The fraction of sp³-hybridized carbons (Fsp3) is 0.391. The molecule has 0 aliphatic carbocycles. The maximum absolute atomic E-state index is 13.1. The third-order valence-corrected chi connectivity index (χ3v) is 5.94. The van der Waals surface area contributed by atoms with E-state index in [9.17, 15) is 9.59 Å². The molecule has 2 aromatic rings. The topological polar surface area (TPSA) is 49.4 Å². The normalized spacial score (nSPS) is 11.9. The Hall–Kier alpha value is -1.79. The number of rotatable bonds is 10. The highest BCUT2D eigenvalue weighted by molar-refractivity contribution is 9.10. The van der Waals surface area contributed by atoms with Crippen LogP contribution in [-0.4, -0.2) is 34.6 Å². The molecule has 4 nitrogen and oxygen atoms in total. The van der Waals surface area contributed by atoms with E-state index in [1.54, 1.807) is 16.7 Å². The molecule has 0 saturated carbocycles. The number of nitrogens with zero attached hydrogens (tertiary/aromatic N) is 1. The van der Waals surface area contributed by atoms with Crippen LogP contribution in [0, 0.1) is 0 Å². The maximum Gasteiger partial charge on any atom is 0.243 e. The summed E-state index contributed by atoms with van der Waals surface area (Å²) in [6.07, 6.45) is 0.578. The number of halogens is 1. The van der Waals surface area contributed by atoms with E-state index < -0.39 is 6.04 Å². The van der Waals surface area contributed by atoms with Gasteiger partial charge in [0.1, 0.15) is 6.04 Å². The molecule has 2 rings (SSSR count). The SMILES string of the molecule is CC[C@@H](C(=O)NC(C)C)N(Cc1ccccc1)C(=O)CSCc1ccc(Br)cc1. The summed E-state index contributed by atoms with van der Waals surface area (Å²) < 4.78 is 1.04. The highest BCUT2D eigenvalue weighted by Gasteiger charge is 2.28. The summed E-state index contributed by atoms with van der Waals surface area (Å²) in [5, 5.41) is 2.96. The van der Waals surface area contributed by atoms with E-state index in [1.807, 2.05) is 75.4 Å². The van der Waals surface area contributed by atoms with Crippen LogP contribution in [0.5, 0.6) is 0 Å². The fourth-order valence-electron chi connectivity index (χ4n) is 3.00. The highest BCUT2D eigenvalue weighted by Crippen LogP contribution is 2.19. The van der Waals surface area contributed by atoms with Gasteiger partial charge in [-0.15, -0.1) is 11.8 Å². The number of thioether (sulfide) groups is 1. The van der Waals surface area contributed by atoms with Crippen LogP contribution in [0.1, 0.15) is 38.3 Å². The van der Waals surface area contributed by atoms with Gasteiger partial charge in [-0.2, -0.15) is 0 Å². The maximum atomic E-state index is 13.1. The lowest BCUT2D eigenvalue weighted by atomic mass is 10.1. The van der Waals surface area contributed by atoms with Crippen LogP contribution >= 0.6 is 27.7 Å². The number of nitrogens with one attached hydrogen (secondary N) is 1. The largest absolute Gasteiger partial charge is 0.352 e. The van der Waals surface area contributed by atoms with E-state index in [0.29, 0.717) is 18.7 Å². The predicted octanol–water partition coefficient (Wildman–Crippen LogP) is 5.01. The van der Waals surface area contributed by atoms with Gasteiger partial charge in [-0.05, 0) is 43.5 Å². The van der Waals surface area contributed by atoms with Crippen LogP contribution in [0.4, 0.5) is 0 Å². The third-order valence-electron chi connectivity index (χ3n) is 4.42. The molecule has 29 heavy (non-hydrogen) atoms. The molecule has 1 N–H and O–H groups in total. The lowest BCUT2D eigenvalue weighted by Crippen LogP contribution is -2.50. The van der Waals surface area contributed by atoms with Crippen LogP contribution in [-0.2, 0) is 21.9 Å². The van der Waals surface area contributed by atoms with Crippen LogP contribution in [0.15, 0.2) is 59.1 Å². The lowest BCUT2D eigenvalue weighted by molar-refractivity contribution is -0.139. The molecule has 0 fully saturated rings. The number of hydrogen-bond acceptors (Lipinski definition) is 3. The van der Waals surface area contributed by atoms with Crippen molar-refractivity contribution >= 4 is 39.5 Å². The Morgan fingerprint density at radius 1 is 1.03 bits per heavy atom. The first-order valence-electron chi connectivity index (χ1n) is 9.86. The third kappa shape index (κ3) is 7.86. The average molecular weight is 477 g/mol. The Kier molecular flexibility index (Phi) is 9.74. The van der Waals surface area contributed by atoms with Crippen molar-refractivity contribution in [3.05, 3.63) is 70.2 Å². The van der Waals surface area contributed by atoms with E-state index in [4.69, 9.17) is 0 Å². The molecule has 0 heterocycles. The molecule has 1 atom stereocenters. The number of benzene rings is 2. The first-order chi connectivity index (χ1) is 13.9. The average Bonchev–Trinajstić information content (AvgIpc) is 2.69. The molecule has 2 aromatic carbocycles. The molecule has 6 heteroatoms. The smallest absolute Gasteiger partial charge is 0.243 e. The molecule has 0 saturated heterocycles. The molecule has 0 aliphatic rings. The van der Waals surface area contributed by atoms with Crippen LogP contribution in [0.2, 0.25) is 0 Å². The van der Waals surface area contributed by atoms with Gasteiger partial charge in [-0.25, -0.2) is 0 Å². The summed E-state index contributed by atoms with van der Waals surface area (Å²) >= 11 is 5.01. The molecule has 0 aromatic heterocycles. The summed E-state index contributed by atoms with van der Waals surface area (Å²) in [6.45, 7) is 6.25. The summed E-state index contributed by atoms with van der Waals surface area (Å²) in [5.41, 5.74) is 2.19. The standard InChI is InChI=1S/C23H29BrN2O2S/c1-4-21(23(28)25-17(2)3)26(14-18-8-6-5-7-9-18)22(27)16-29-15-19-10-12-20(24)13-11-19/h5-13,17,21H,4,14-16H2,1-3H3,(H,25,28)/t21-/m0/s1. The van der Waals surface area contributed by atoms with Crippen molar-refractivity contribution in [2.75, 3.05) is 5.75 Å². The highest BCUT2D eigenvalue weighted by atomic mass is 79.9. The van der Waals surface area contributed by atoms with Gasteiger partial charge in [0.25, 0.3) is 0 Å². The second-order valence-corrected chi connectivity index (χ2v) is 9.12. The first-order valence-corrected chi connectivity index (χ1v) is 11.8. The Balaban J connectivity index is 2.08. The Morgan fingerprint density at radius 2 is 1.69 bits per heavy atom. The van der Waals surface area contributed by atoms with Gasteiger partial charge in [0.05, 0.1) is 5.75 Å². The fourth-order valence-corrected chi connectivity index (χ4v) is 4.14. The number of hydrogen-bond donors (Lipinski definition) is 1. The minimum atomic E-state index is -0.474. The van der Waals surface area contributed by atoms with Gasteiger partial charge >= 0.3 is 0 Å². The van der Waals surface area contributed by atoms with Gasteiger partial charge in [-0.1, -0.05) is 65.3 Å². The Morgan fingerprint density at radius 3 is 2.28 bits per heavy atom. The van der Waals surface area contributed by atoms with Gasteiger partial charge in [0.15, 0.2) is 0 Å². The minimum absolute atomic E-state index is 0.0123. The molecule has 2 amide bonds.